The predicted octanol–water partition coefficient (Wildman–Crippen LogP) is 3.96. The number of aryl methyl sites for hydroxylation is 1. The van der Waals surface area contributed by atoms with Gasteiger partial charge in [-0.05, 0) is 36.6 Å². The molecule has 1 nitrogen and oxygen atoms in total. The van der Waals surface area contributed by atoms with Gasteiger partial charge in [0, 0.05) is 8.95 Å². The highest BCUT2D eigenvalue weighted by atomic mass is 79.9. The molecule has 0 fully saturated rings. The van der Waals surface area contributed by atoms with Crippen LogP contribution in [-0.2, 0) is 0 Å². The third-order valence-electron chi connectivity index (χ3n) is 1.99. The zero-order valence-corrected chi connectivity index (χ0v) is 10.8. The van der Waals surface area contributed by atoms with Crippen LogP contribution >= 0.6 is 31.9 Å². The first-order chi connectivity index (χ1) is 6.06. The number of aliphatic hydroxyl groups excluding tert-OH is 1. The maximum Gasteiger partial charge on any atom is 0.0798 e. The minimum atomic E-state index is -0.384. The third kappa shape index (κ3) is 2.55. The Labute approximate surface area is 95.4 Å². The minimum Gasteiger partial charge on any atom is -0.388 e. The van der Waals surface area contributed by atoms with Crippen LogP contribution in [0.1, 0.15) is 30.6 Å². The molecular formula is C10H12Br2O. The summed E-state index contributed by atoms with van der Waals surface area (Å²) >= 11 is 6.89. The van der Waals surface area contributed by atoms with E-state index in [0.29, 0.717) is 0 Å². The molecule has 1 aromatic carbocycles. The molecule has 1 aromatic rings. The summed E-state index contributed by atoms with van der Waals surface area (Å²) < 4.78 is 2.01. The molecule has 1 N–H and O–H groups in total. The van der Waals surface area contributed by atoms with Gasteiger partial charge in [-0.1, -0.05) is 38.8 Å². The number of rotatable bonds is 2. The summed E-state index contributed by atoms with van der Waals surface area (Å²) in [6.07, 6.45) is 0.347. The molecule has 0 aromatic heterocycles. The highest BCUT2D eigenvalue weighted by Crippen LogP contribution is 2.31. The number of hydrogen-bond donors (Lipinski definition) is 1. The lowest BCUT2D eigenvalue weighted by Crippen LogP contribution is -1.97. The lowest BCUT2D eigenvalue weighted by atomic mass is 10.1. The fraction of sp³-hybridized carbons (Fsp3) is 0.400. The van der Waals surface area contributed by atoms with Gasteiger partial charge in [0.15, 0.2) is 0 Å². The Bertz CT molecular complexity index is 310. The number of benzene rings is 1. The third-order valence-corrected chi connectivity index (χ3v) is 3.53. The van der Waals surface area contributed by atoms with Crippen LogP contribution < -0.4 is 0 Å². The van der Waals surface area contributed by atoms with Crippen molar-refractivity contribution in [1.82, 2.24) is 0 Å². The van der Waals surface area contributed by atoms with Crippen LogP contribution in [0.3, 0.4) is 0 Å². The van der Waals surface area contributed by atoms with E-state index in [4.69, 9.17) is 0 Å². The topological polar surface area (TPSA) is 20.2 Å². The molecule has 1 atom stereocenters. The van der Waals surface area contributed by atoms with Crippen LogP contribution in [0.5, 0.6) is 0 Å². The second kappa shape index (κ2) is 4.58. The summed E-state index contributed by atoms with van der Waals surface area (Å²) in [4.78, 5) is 0. The SMILES string of the molecule is CCC(O)c1cc(Br)cc(C)c1Br. The Balaban J connectivity index is 3.20. The molecule has 0 bridgehead atoms. The van der Waals surface area contributed by atoms with E-state index >= 15 is 0 Å². The number of aliphatic hydroxyl groups is 1. The maximum atomic E-state index is 9.71. The summed E-state index contributed by atoms with van der Waals surface area (Å²) in [5, 5.41) is 9.71. The molecule has 0 aliphatic heterocycles. The summed E-state index contributed by atoms with van der Waals surface area (Å²) in [5.74, 6) is 0. The molecule has 0 spiro atoms. The lowest BCUT2D eigenvalue weighted by Gasteiger charge is -2.12. The van der Waals surface area contributed by atoms with Gasteiger partial charge < -0.3 is 5.11 Å². The van der Waals surface area contributed by atoms with Gasteiger partial charge in [-0.3, -0.25) is 0 Å². The molecule has 1 rings (SSSR count). The van der Waals surface area contributed by atoms with Gasteiger partial charge in [0.25, 0.3) is 0 Å². The lowest BCUT2D eigenvalue weighted by molar-refractivity contribution is 0.173. The largest absolute Gasteiger partial charge is 0.388 e. The zero-order valence-electron chi connectivity index (χ0n) is 7.64. The second-order valence-corrected chi connectivity index (χ2v) is 4.76. The Morgan fingerprint density at radius 2 is 2.00 bits per heavy atom. The predicted molar refractivity (Wildman–Crippen MR) is 61.8 cm³/mol. The van der Waals surface area contributed by atoms with Gasteiger partial charge in [0.2, 0.25) is 0 Å². The summed E-state index contributed by atoms with van der Waals surface area (Å²) in [6, 6.07) is 3.97. The molecule has 72 valence electrons. The average molecular weight is 308 g/mol. The van der Waals surface area contributed by atoms with Crippen molar-refractivity contribution >= 4 is 31.9 Å². The van der Waals surface area contributed by atoms with E-state index in [-0.39, 0.29) is 6.10 Å². The number of hydrogen-bond acceptors (Lipinski definition) is 1. The molecule has 3 heteroatoms. The molecule has 0 saturated carbocycles. The smallest absolute Gasteiger partial charge is 0.0798 e. The molecular weight excluding hydrogens is 296 g/mol. The first kappa shape index (κ1) is 11.2. The Kier molecular flexibility index (Phi) is 3.95. The van der Waals surface area contributed by atoms with Gasteiger partial charge in [-0.2, -0.15) is 0 Å². The molecule has 0 radical (unpaired) electrons. The van der Waals surface area contributed by atoms with Crippen LogP contribution in [0.15, 0.2) is 21.1 Å². The van der Waals surface area contributed by atoms with Gasteiger partial charge in [0.1, 0.15) is 0 Å². The quantitative estimate of drug-likeness (QED) is 0.876. The molecule has 1 unspecified atom stereocenters. The van der Waals surface area contributed by atoms with Crippen molar-refractivity contribution in [2.45, 2.75) is 26.4 Å². The van der Waals surface area contributed by atoms with Gasteiger partial charge in [-0.25, -0.2) is 0 Å². The molecule has 0 heterocycles. The zero-order chi connectivity index (χ0) is 10.0. The highest BCUT2D eigenvalue weighted by molar-refractivity contribution is 9.11. The van der Waals surface area contributed by atoms with Crippen molar-refractivity contribution in [3.8, 4) is 0 Å². The molecule has 0 aliphatic rings. The molecule has 0 aliphatic carbocycles. The summed E-state index contributed by atoms with van der Waals surface area (Å²) in [5.41, 5.74) is 2.09. The first-order valence-corrected chi connectivity index (χ1v) is 5.78. The monoisotopic (exact) mass is 306 g/mol. The van der Waals surface area contributed by atoms with Crippen molar-refractivity contribution in [3.05, 3.63) is 32.2 Å². The average Bonchev–Trinajstić information content (AvgIpc) is 2.10. The van der Waals surface area contributed by atoms with Crippen molar-refractivity contribution in [2.24, 2.45) is 0 Å². The normalized spacial score (nSPS) is 13.0. The van der Waals surface area contributed by atoms with Crippen LogP contribution in [0.4, 0.5) is 0 Å². The standard InChI is InChI=1S/C10H12Br2O/c1-3-9(13)8-5-7(11)4-6(2)10(8)12/h4-5,9,13H,3H2,1-2H3. The second-order valence-electron chi connectivity index (χ2n) is 3.05. The van der Waals surface area contributed by atoms with E-state index in [2.05, 4.69) is 31.9 Å². The fourth-order valence-electron chi connectivity index (χ4n) is 1.21. The van der Waals surface area contributed by atoms with E-state index in [9.17, 15) is 5.11 Å². The molecule has 0 amide bonds. The van der Waals surface area contributed by atoms with Crippen LogP contribution in [0.25, 0.3) is 0 Å². The van der Waals surface area contributed by atoms with E-state index in [1.165, 1.54) is 0 Å². The summed E-state index contributed by atoms with van der Waals surface area (Å²) in [7, 11) is 0. The van der Waals surface area contributed by atoms with Crippen molar-refractivity contribution in [3.63, 3.8) is 0 Å². The fourth-order valence-corrected chi connectivity index (χ4v) is 2.30. The maximum absolute atomic E-state index is 9.71. The van der Waals surface area contributed by atoms with Gasteiger partial charge in [0.05, 0.1) is 6.10 Å². The molecule has 0 saturated heterocycles. The van der Waals surface area contributed by atoms with Crippen LogP contribution in [-0.4, -0.2) is 5.11 Å². The minimum absolute atomic E-state index is 0.384. The van der Waals surface area contributed by atoms with E-state index in [1.807, 2.05) is 26.0 Å². The first-order valence-electron chi connectivity index (χ1n) is 4.19. The van der Waals surface area contributed by atoms with Crippen molar-refractivity contribution in [2.75, 3.05) is 0 Å². The van der Waals surface area contributed by atoms with Crippen molar-refractivity contribution in [1.29, 1.82) is 0 Å². The van der Waals surface area contributed by atoms with E-state index < -0.39 is 0 Å². The van der Waals surface area contributed by atoms with E-state index in [0.717, 1.165) is 26.5 Å². The van der Waals surface area contributed by atoms with E-state index in [1.54, 1.807) is 0 Å². The Hall–Kier alpha value is 0.140. The Morgan fingerprint density at radius 3 is 2.54 bits per heavy atom. The van der Waals surface area contributed by atoms with Crippen LogP contribution in [0.2, 0.25) is 0 Å². The number of halogens is 2. The highest BCUT2D eigenvalue weighted by Gasteiger charge is 2.11. The van der Waals surface area contributed by atoms with Gasteiger partial charge in [-0.15, -0.1) is 0 Å². The van der Waals surface area contributed by atoms with Crippen LogP contribution in [0, 0.1) is 6.92 Å². The van der Waals surface area contributed by atoms with Gasteiger partial charge >= 0.3 is 0 Å². The summed E-state index contributed by atoms with van der Waals surface area (Å²) in [6.45, 7) is 3.98. The molecule has 13 heavy (non-hydrogen) atoms. The Morgan fingerprint density at radius 1 is 1.38 bits per heavy atom. The van der Waals surface area contributed by atoms with Crippen molar-refractivity contribution < 1.29 is 5.11 Å².